The summed E-state index contributed by atoms with van der Waals surface area (Å²) in [6.07, 6.45) is 1.02. The van der Waals surface area contributed by atoms with E-state index >= 15 is 0 Å². The van der Waals surface area contributed by atoms with Crippen LogP contribution in [-0.4, -0.2) is 19.6 Å². The van der Waals surface area contributed by atoms with Crippen molar-refractivity contribution < 1.29 is 0 Å². The standard InChI is InChI=1S/C12H20N2/c1-4-11(13)9-14(3)12-8-6-5-7-10(12)2/h5-8,11H,4,9,13H2,1-3H3. The Balaban J connectivity index is 2.69. The Hall–Kier alpha value is -1.02. The molecule has 0 bridgehead atoms. The van der Waals surface area contributed by atoms with E-state index in [1.807, 2.05) is 0 Å². The second kappa shape index (κ2) is 5.01. The fraction of sp³-hybridized carbons (Fsp3) is 0.500. The van der Waals surface area contributed by atoms with Gasteiger partial charge in [0, 0.05) is 25.3 Å². The highest BCUT2D eigenvalue weighted by Crippen LogP contribution is 2.17. The molecule has 0 amide bonds. The zero-order valence-electron chi connectivity index (χ0n) is 9.33. The number of hydrogen-bond donors (Lipinski definition) is 1. The molecule has 78 valence electrons. The molecule has 0 aliphatic heterocycles. The molecule has 2 heteroatoms. The fourth-order valence-electron chi connectivity index (χ4n) is 1.57. The predicted octanol–water partition coefficient (Wildman–Crippen LogP) is 2.17. The molecule has 1 rings (SSSR count). The molecular formula is C12H20N2. The van der Waals surface area contributed by atoms with Crippen LogP contribution in [0.4, 0.5) is 5.69 Å². The molecule has 0 radical (unpaired) electrons. The maximum absolute atomic E-state index is 5.92. The Labute approximate surface area is 86.7 Å². The molecule has 1 aromatic carbocycles. The number of rotatable bonds is 4. The van der Waals surface area contributed by atoms with Crippen LogP contribution in [0.15, 0.2) is 24.3 Å². The Kier molecular flexibility index (Phi) is 3.96. The molecular weight excluding hydrogens is 172 g/mol. The van der Waals surface area contributed by atoms with E-state index in [0.717, 1.165) is 13.0 Å². The third kappa shape index (κ3) is 2.74. The second-order valence-corrected chi connectivity index (χ2v) is 3.84. The van der Waals surface area contributed by atoms with Gasteiger partial charge < -0.3 is 10.6 Å². The number of likely N-dealkylation sites (N-methyl/N-ethyl adjacent to an activating group) is 1. The smallest absolute Gasteiger partial charge is 0.0393 e. The van der Waals surface area contributed by atoms with Crippen LogP contribution >= 0.6 is 0 Å². The van der Waals surface area contributed by atoms with E-state index < -0.39 is 0 Å². The highest BCUT2D eigenvalue weighted by atomic mass is 15.1. The Morgan fingerprint density at radius 2 is 2.00 bits per heavy atom. The summed E-state index contributed by atoms with van der Waals surface area (Å²) >= 11 is 0. The van der Waals surface area contributed by atoms with Gasteiger partial charge in [0.15, 0.2) is 0 Å². The van der Waals surface area contributed by atoms with Crippen molar-refractivity contribution in [2.45, 2.75) is 26.3 Å². The van der Waals surface area contributed by atoms with Crippen molar-refractivity contribution in [1.29, 1.82) is 0 Å². The minimum atomic E-state index is 0.264. The molecule has 0 fully saturated rings. The molecule has 0 aliphatic carbocycles. The van der Waals surface area contributed by atoms with Crippen LogP contribution in [0.3, 0.4) is 0 Å². The summed E-state index contributed by atoms with van der Waals surface area (Å²) in [5.74, 6) is 0. The lowest BCUT2D eigenvalue weighted by molar-refractivity contribution is 0.639. The molecule has 0 aliphatic rings. The highest BCUT2D eigenvalue weighted by Gasteiger charge is 2.06. The molecule has 1 aromatic rings. The quantitative estimate of drug-likeness (QED) is 0.792. The van der Waals surface area contributed by atoms with Crippen LogP contribution in [0.2, 0.25) is 0 Å². The minimum Gasteiger partial charge on any atom is -0.373 e. The van der Waals surface area contributed by atoms with Gasteiger partial charge >= 0.3 is 0 Å². The lowest BCUT2D eigenvalue weighted by atomic mass is 10.1. The van der Waals surface area contributed by atoms with Crippen molar-refractivity contribution in [3.63, 3.8) is 0 Å². The van der Waals surface area contributed by atoms with Crippen LogP contribution in [0.1, 0.15) is 18.9 Å². The Bertz CT molecular complexity index is 283. The fourth-order valence-corrected chi connectivity index (χ4v) is 1.57. The van der Waals surface area contributed by atoms with Crippen molar-refractivity contribution in [3.8, 4) is 0 Å². The Morgan fingerprint density at radius 3 is 2.57 bits per heavy atom. The third-order valence-electron chi connectivity index (χ3n) is 2.56. The lowest BCUT2D eigenvalue weighted by Gasteiger charge is -2.24. The average Bonchev–Trinajstić information content (AvgIpc) is 2.18. The van der Waals surface area contributed by atoms with Gasteiger partial charge in [-0.15, -0.1) is 0 Å². The number of benzene rings is 1. The SMILES string of the molecule is CCC(N)CN(C)c1ccccc1C. The summed E-state index contributed by atoms with van der Waals surface area (Å²) in [6.45, 7) is 5.17. The predicted molar refractivity (Wildman–Crippen MR) is 62.7 cm³/mol. The third-order valence-corrected chi connectivity index (χ3v) is 2.56. The maximum atomic E-state index is 5.92. The number of para-hydroxylation sites is 1. The molecule has 2 nitrogen and oxygen atoms in total. The first-order valence-corrected chi connectivity index (χ1v) is 5.17. The van der Waals surface area contributed by atoms with E-state index in [-0.39, 0.29) is 6.04 Å². The van der Waals surface area contributed by atoms with Crippen molar-refractivity contribution in [2.24, 2.45) is 5.73 Å². The zero-order chi connectivity index (χ0) is 10.6. The van der Waals surface area contributed by atoms with Crippen LogP contribution in [0, 0.1) is 6.92 Å². The summed E-state index contributed by atoms with van der Waals surface area (Å²) in [7, 11) is 2.10. The zero-order valence-corrected chi connectivity index (χ0v) is 9.33. The average molecular weight is 192 g/mol. The summed E-state index contributed by atoms with van der Waals surface area (Å²) in [5.41, 5.74) is 8.50. The van der Waals surface area contributed by atoms with Gasteiger partial charge in [-0.25, -0.2) is 0 Å². The van der Waals surface area contributed by atoms with E-state index in [4.69, 9.17) is 5.73 Å². The molecule has 0 spiro atoms. The monoisotopic (exact) mass is 192 g/mol. The van der Waals surface area contributed by atoms with E-state index in [0.29, 0.717) is 0 Å². The summed E-state index contributed by atoms with van der Waals surface area (Å²) < 4.78 is 0. The molecule has 0 heterocycles. The van der Waals surface area contributed by atoms with Crippen molar-refractivity contribution in [3.05, 3.63) is 29.8 Å². The summed E-state index contributed by atoms with van der Waals surface area (Å²) in [5, 5.41) is 0. The molecule has 0 aromatic heterocycles. The van der Waals surface area contributed by atoms with Crippen molar-refractivity contribution >= 4 is 5.69 Å². The normalized spacial score (nSPS) is 12.6. The largest absolute Gasteiger partial charge is 0.373 e. The van der Waals surface area contributed by atoms with Gasteiger partial charge in [0.2, 0.25) is 0 Å². The minimum absolute atomic E-state index is 0.264. The van der Waals surface area contributed by atoms with Gasteiger partial charge in [-0.3, -0.25) is 0 Å². The molecule has 0 saturated heterocycles. The van der Waals surface area contributed by atoms with E-state index in [9.17, 15) is 0 Å². The van der Waals surface area contributed by atoms with Gasteiger partial charge in [-0.1, -0.05) is 25.1 Å². The lowest BCUT2D eigenvalue weighted by Crippen LogP contribution is -2.34. The molecule has 1 unspecified atom stereocenters. The van der Waals surface area contributed by atoms with E-state index in [2.05, 4.69) is 50.1 Å². The van der Waals surface area contributed by atoms with Gasteiger partial charge in [-0.2, -0.15) is 0 Å². The highest BCUT2D eigenvalue weighted by molar-refractivity contribution is 5.52. The van der Waals surface area contributed by atoms with E-state index in [1.165, 1.54) is 11.3 Å². The van der Waals surface area contributed by atoms with E-state index in [1.54, 1.807) is 0 Å². The number of hydrogen-bond acceptors (Lipinski definition) is 2. The van der Waals surface area contributed by atoms with Gasteiger partial charge in [-0.05, 0) is 25.0 Å². The van der Waals surface area contributed by atoms with Crippen molar-refractivity contribution in [2.75, 3.05) is 18.5 Å². The number of aryl methyl sites for hydroxylation is 1. The van der Waals surface area contributed by atoms with Crippen LogP contribution in [0.25, 0.3) is 0 Å². The molecule has 0 saturated carbocycles. The molecule has 14 heavy (non-hydrogen) atoms. The van der Waals surface area contributed by atoms with Crippen LogP contribution < -0.4 is 10.6 Å². The van der Waals surface area contributed by atoms with Gasteiger partial charge in [0.05, 0.1) is 0 Å². The molecule has 1 atom stereocenters. The number of anilines is 1. The first kappa shape index (κ1) is 11.1. The number of nitrogens with zero attached hydrogens (tertiary/aromatic N) is 1. The first-order chi connectivity index (χ1) is 6.65. The van der Waals surface area contributed by atoms with Crippen LogP contribution in [-0.2, 0) is 0 Å². The summed E-state index contributed by atoms with van der Waals surface area (Å²) in [6, 6.07) is 8.66. The van der Waals surface area contributed by atoms with Gasteiger partial charge in [0.25, 0.3) is 0 Å². The summed E-state index contributed by atoms with van der Waals surface area (Å²) in [4.78, 5) is 2.23. The molecule has 2 N–H and O–H groups in total. The Morgan fingerprint density at radius 1 is 1.36 bits per heavy atom. The first-order valence-electron chi connectivity index (χ1n) is 5.17. The van der Waals surface area contributed by atoms with Gasteiger partial charge in [0.1, 0.15) is 0 Å². The second-order valence-electron chi connectivity index (χ2n) is 3.84. The topological polar surface area (TPSA) is 29.3 Å². The number of nitrogens with two attached hydrogens (primary N) is 1. The van der Waals surface area contributed by atoms with Crippen molar-refractivity contribution in [1.82, 2.24) is 0 Å². The maximum Gasteiger partial charge on any atom is 0.0393 e. The van der Waals surface area contributed by atoms with Crippen LogP contribution in [0.5, 0.6) is 0 Å².